The normalized spacial score (nSPS) is 9.82. The Bertz CT molecular complexity index is 292. The lowest BCUT2D eigenvalue weighted by molar-refractivity contribution is 1.48. The minimum atomic E-state index is 0.664. The molecule has 0 amide bonds. The molecule has 0 spiro atoms. The molecule has 0 saturated heterocycles. The number of halogens is 1. The molecule has 0 aliphatic rings. The molecule has 0 atom stereocenters. The van der Waals surface area contributed by atoms with Crippen LogP contribution in [0.25, 0.3) is 6.08 Å². The molecule has 2 heteroatoms. The minimum absolute atomic E-state index is 0.664. The van der Waals surface area contributed by atoms with Gasteiger partial charge in [-0.25, -0.2) is 0 Å². The topological polar surface area (TPSA) is 23.8 Å². The van der Waals surface area contributed by atoms with Gasteiger partial charge in [-0.15, -0.1) is 0 Å². The Morgan fingerprint density at radius 2 is 1.91 bits per heavy atom. The molecule has 0 N–H and O–H groups in total. The van der Waals surface area contributed by atoms with Crippen molar-refractivity contribution in [3.8, 4) is 6.07 Å². The van der Waals surface area contributed by atoms with E-state index in [1.54, 1.807) is 18.2 Å². The van der Waals surface area contributed by atoms with Crippen molar-refractivity contribution in [1.82, 2.24) is 0 Å². The third-order valence-electron chi connectivity index (χ3n) is 1.30. The van der Waals surface area contributed by atoms with E-state index in [2.05, 4.69) is 0 Å². The lowest BCUT2D eigenvalue weighted by atomic mass is 10.1. The van der Waals surface area contributed by atoms with Crippen LogP contribution in [-0.2, 0) is 0 Å². The van der Waals surface area contributed by atoms with Crippen LogP contribution in [0.3, 0.4) is 0 Å². The number of benzene rings is 1. The van der Waals surface area contributed by atoms with Gasteiger partial charge < -0.3 is 0 Å². The molecule has 0 heterocycles. The standard InChI is InChI=1S/C9H6ClN/c10-6-5-8-1-3-9(7-11)4-2-8/h1-6H/b6-5-. The summed E-state index contributed by atoms with van der Waals surface area (Å²) in [5.74, 6) is 0. The van der Waals surface area contributed by atoms with E-state index in [-0.39, 0.29) is 0 Å². The summed E-state index contributed by atoms with van der Waals surface area (Å²) in [5.41, 5.74) is 3.11. The van der Waals surface area contributed by atoms with E-state index in [4.69, 9.17) is 16.9 Å². The number of nitriles is 1. The fourth-order valence-electron chi connectivity index (χ4n) is 0.742. The summed E-state index contributed by atoms with van der Waals surface area (Å²) in [5, 5.41) is 8.46. The van der Waals surface area contributed by atoms with E-state index >= 15 is 0 Å². The van der Waals surface area contributed by atoms with Crippen molar-refractivity contribution in [2.45, 2.75) is 0 Å². The van der Waals surface area contributed by atoms with Crippen LogP contribution in [0.5, 0.6) is 0 Å². The number of rotatable bonds is 1. The van der Waals surface area contributed by atoms with Gasteiger partial charge in [-0.05, 0) is 23.8 Å². The summed E-state index contributed by atoms with van der Waals surface area (Å²) < 4.78 is 0. The molecular weight excluding hydrogens is 158 g/mol. The van der Waals surface area contributed by atoms with Gasteiger partial charge in [-0.3, -0.25) is 0 Å². The molecule has 54 valence electrons. The number of hydrogen-bond acceptors (Lipinski definition) is 1. The van der Waals surface area contributed by atoms with Gasteiger partial charge in [-0.2, -0.15) is 5.26 Å². The molecule has 0 unspecified atom stereocenters. The summed E-state index contributed by atoms with van der Waals surface area (Å²) in [6.45, 7) is 0. The van der Waals surface area contributed by atoms with Gasteiger partial charge in [0.05, 0.1) is 11.6 Å². The van der Waals surface area contributed by atoms with E-state index < -0.39 is 0 Å². The van der Waals surface area contributed by atoms with Crippen LogP contribution >= 0.6 is 11.6 Å². The average molecular weight is 164 g/mol. The lowest BCUT2D eigenvalue weighted by Crippen LogP contribution is -1.73. The van der Waals surface area contributed by atoms with E-state index in [1.165, 1.54) is 5.54 Å². The maximum absolute atomic E-state index is 8.46. The molecule has 0 saturated carbocycles. The van der Waals surface area contributed by atoms with Gasteiger partial charge in [-0.1, -0.05) is 23.7 Å². The zero-order valence-electron chi connectivity index (χ0n) is 5.79. The van der Waals surface area contributed by atoms with Crippen LogP contribution in [0.1, 0.15) is 11.1 Å². The fraction of sp³-hybridized carbons (Fsp3) is 0. The first-order valence-electron chi connectivity index (χ1n) is 3.14. The molecule has 0 fully saturated rings. The summed E-state index contributed by atoms with van der Waals surface area (Å²) in [4.78, 5) is 0. The first-order valence-corrected chi connectivity index (χ1v) is 3.57. The average Bonchev–Trinajstić information content (AvgIpc) is 2.07. The van der Waals surface area contributed by atoms with Crippen molar-refractivity contribution in [3.05, 3.63) is 40.9 Å². The smallest absolute Gasteiger partial charge is 0.0991 e. The molecular formula is C9H6ClN. The predicted octanol–water partition coefficient (Wildman–Crippen LogP) is 2.77. The first-order chi connectivity index (χ1) is 5.36. The van der Waals surface area contributed by atoms with Gasteiger partial charge in [0.1, 0.15) is 0 Å². The van der Waals surface area contributed by atoms with Crippen molar-refractivity contribution < 1.29 is 0 Å². The second-order valence-corrected chi connectivity index (χ2v) is 2.28. The SMILES string of the molecule is N#Cc1ccc(/C=C\Cl)cc1. The first kappa shape index (κ1) is 7.84. The molecule has 1 aromatic carbocycles. The van der Waals surface area contributed by atoms with Gasteiger partial charge in [0, 0.05) is 5.54 Å². The van der Waals surface area contributed by atoms with Crippen molar-refractivity contribution in [2.24, 2.45) is 0 Å². The van der Waals surface area contributed by atoms with E-state index in [0.29, 0.717) is 5.56 Å². The number of hydrogen-bond donors (Lipinski definition) is 0. The third kappa shape index (κ3) is 2.10. The monoisotopic (exact) mass is 163 g/mol. The molecule has 1 rings (SSSR count). The van der Waals surface area contributed by atoms with Gasteiger partial charge in [0.15, 0.2) is 0 Å². The van der Waals surface area contributed by atoms with Crippen LogP contribution < -0.4 is 0 Å². The molecule has 11 heavy (non-hydrogen) atoms. The zero-order chi connectivity index (χ0) is 8.10. The van der Waals surface area contributed by atoms with Gasteiger partial charge in [0.2, 0.25) is 0 Å². The Balaban J connectivity index is 2.94. The fourth-order valence-corrected chi connectivity index (χ4v) is 0.887. The molecule has 1 aromatic rings. The van der Waals surface area contributed by atoms with Gasteiger partial charge >= 0.3 is 0 Å². The highest BCUT2D eigenvalue weighted by molar-refractivity contribution is 6.27. The number of nitrogens with zero attached hydrogens (tertiary/aromatic N) is 1. The largest absolute Gasteiger partial charge is 0.192 e. The van der Waals surface area contributed by atoms with E-state index in [9.17, 15) is 0 Å². The van der Waals surface area contributed by atoms with E-state index in [1.807, 2.05) is 18.2 Å². The maximum Gasteiger partial charge on any atom is 0.0991 e. The van der Waals surface area contributed by atoms with Gasteiger partial charge in [0.25, 0.3) is 0 Å². The molecule has 0 aliphatic carbocycles. The van der Waals surface area contributed by atoms with Crippen LogP contribution in [0.2, 0.25) is 0 Å². The van der Waals surface area contributed by atoms with Crippen LogP contribution in [0, 0.1) is 11.3 Å². The molecule has 0 radical (unpaired) electrons. The Labute approximate surface area is 70.5 Å². The Hall–Kier alpha value is -1.26. The lowest BCUT2D eigenvalue weighted by Gasteiger charge is -1.90. The summed E-state index contributed by atoms with van der Waals surface area (Å²) >= 11 is 5.36. The molecule has 1 nitrogen and oxygen atoms in total. The van der Waals surface area contributed by atoms with Crippen molar-refractivity contribution in [1.29, 1.82) is 5.26 Å². The maximum atomic E-state index is 8.46. The second-order valence-electron chi connectivity index (χ2n) is 2.03. The summed E-state index contributed by atoms with van der Waals surface area (Å²) in [7, 11) is 0. The Kier molecular flexibility index (Phi) is 2.71. The highest BCUT2D eigenvalue weighted by atomic mass is 35.5. The molecule has 0 bridgehead atoms. The minimum Gasteiger partial charge on any atom is -0.192 e. The highest BCUT2D eigenvalue weighted by Crippen LogP contribution is 2.05. The third-order valence-corrected chi connectivity index (χ3v) is 1.42. The molecule has 0 aromatic heterocycles. The Morgan fingerprint density at radius 3 is 2.36 bits per heavy atom. The second kappa shape index (κ2) is 3.80. The van der Waals surface area contributed by atoms with Crippen molar-refractivity contribution in [2.75, 3.05) is 0 Å². The Morgan fingerprint density at radius 1 is 1.27 bits per heavy atom. The van der Waals surface area contributed by atoms with Crippen LogP contribution in [-0.4, -0.2) is 0 Å². The highest BCUT2D eigenvalue weighted by Gasteiger charge is 1.87. The molecule has 0 aliphatic heterocycles. The van der Waals surface area contributed by atoms with Crippen molar-refractivity contribution >= 4 is 17.7 Å². The van der Waals surface area contributed by atoms with Crippen molar-refractivity contribution in [3.63, 3.8) is 0 Å². The van der Waals surface area contributed by atoms with Crippen LogP contribution in [0.4, 0.5) is 0 Å². The van der Waals surface area contributed by atoms with Crippen LogP contribution in [0.15, 0.2) is 29.8 Å². The summed E-state index contributed by atoms with van der Waals surface area (Å²) in [6, 6.07) is 9.24. The zero-order valence-corrected chi connectivity index (χ0v) is 6.55. The van der Waals surface area contributed by atoms with E-state index in [0.717, 1.165) is 5.56 Å². The quantitative estimate of drug-likeness (QED) is 0.625. The predicted molar refractivity (Wildman–Crippen MR) is 46.0 cm³/mol. The summed E-state index contributed by atoms with van der Waals surface area (Å²) in [6.07, 6.45) is 1.77.